The molecule has 0 unspecified atom stereocenters. The van der Waals surface area contributed by atoms with E-state index in [0.717, 1.165) is 16.7 Å². The maximum absolute atomic E-state index is 7.44. The molecule has 0 N–H and O–H groups in total. The maximum atomic E-state index is 7.44. The van der Waals surface area contributed by atoms with Crippen LogP contribution in [0, 0.1) is 6.57 Å². The van der Waals surface area contributed by atoms with Crippen LogP contribution >= 0.6 is 0 Å². The number of benzene rings is 6. The summed E-state index contributed by atoms with van der Waals surface area (Å²) < 4.78 is 0. The van der Waals surface area contributed by atoms with Gasteiger partial charge in [-0.15, -0.1) is 4.98 Å². The third-order valence-corrected chi connectivity index (χ3v) is 9.37. The summed E-state index contributed by atoms with van der Waals surface area (Å²) in [6.45, 7) is 7.44. The molecule has 0 saturated carbocycles. The molecule has 2 aliphatic carbocycles. The summed E-state index contributed by atoms with van der Waals surface area (Å²) in [4.78, 5) is 7.74. The SMILES string of the molecule is [C-]#[N+]c1cc(-c2cccc(-c3cc4c(c5ccccc35)-c3ccccc3C43c4ccccc4-c4ccccc43)c2)ccn1. The minimum atomic E-state index is -0.398. The van der Waals surface area contributed by atoms with E-state index in [4.69, 9.17) is 6.57 Å². The minimum absolute atomic E-state index is 0.398. The molecular weight excluding hydrogens is 520 g/mol. The average Bonchev–Trinajstić information content (AvgIpc) is 3.55. The molecule has 2 aliphatic rings. The van der Waals surface area contributed by atoms with E-state index < -0.39 is 5.41 Å². The third-order valence-electron chi connectivity index (χ3n) is 9.37. The van der Waals surface area contributed by atoms with E-state index >= 15 is 0 Å². The lowest BCUT2D eigenvalue weighted by Crippen LogP contribution is -2.25. The van der Waals surface area contributed by atoms with Crippen LogP contribution < -0.4 is 0 Å². The van der Waals surface area contributed by atoms with Crippen LogP contribution in [0.4, 0.5) is 5.82 Å². The second kappa shape index (κ2) is 8.86. The summed E-state index contributed by atoms with van der Waals surface area (Å²) in [5.41, 5.74) is 14.7. The van der Waals surface area contributed by atoms with Crippen LogP contribution in [-0.2, 0) is 5.41 Å². The zero-order valence-corrected chi connectivity index (χ0v) is 23.3. The van der Waals surface area contributed by atoms with E-state index in [9.17, 15) is 0 Å². The number of fused-ring (bicyclic) bond motifs is 12. The first-order valence-corrected chi connectivity index (χ1v) is 14.6. The fourth-order valence-electron chi connectivity index (χ4n) is 7.71. The number of hydrogen-bond acceptors (Lipinski definition) is 1. The molecule has 0 aliphatic heterocycles. The molecule has 0 radical (unpaired) electrons. The van der Waals surface area contributed by atoms with Crippen molar-refractivity contribution in [2.24, 2.45) is 0 Å². The first kappa shape index (κ1) is 23.9. The van der Waals surface area contributed by atoms with Crippen LogP contribution in [0.1, 0.15) is 22.3 Å². The lowest BCUT2D eigenvalue weighted by molar-refractivity contribution is 0.794. The molecular formula is C41H24N2. The first-order chi connectivity index (χ1) is 21.3. The highest BCUT2D eigenvalue weighted by molar-refractivity contribution is 6.11. The molecule has 0 atom stereocenters. The van der Waals surface area contributed by atoms with Gasteiger partial charge in [0.2, 0.25) is 0 Å². The molecule has 9 rings (SSSR count). The lowest BCUT2D eigenvalue weighted by atomic mass is 9.70. The fourth-order valence-corrected chi connectivity index (χ4v) is 7.71. The van der Waals surface area contributed by atoms with E-state index in [2.05, 4.69) is 137 Å². The predicted octanol–water partition coefficient (Wildman–Crippen LogP) is 10.5. The lowest BCUT2D eigenvalue weighted by Gasteiger charge is -2.31. The Morgan fingerprint density at radius 1 is 0.465 bits per heavy atom. The Morgan fingerprint density at radius 2 is 1.05 bits per heavy atom. The molecule has 0 fully saturated rings. The third kappa shape index (κ3) is 3.14. The molecule has 0 saturated heterocycles. The van der Waals surface area contributed by atoms with E-state index in [1.807, 2.05) is 12.1 Å². The second-order valence-corrected chi connectivity index (χ2v) is 11.4. The molecule has 2 nitrogen and oxygen atoms in total. The van der Waals surface area contributed by atoms with Gasteiger partial charge in [0.05, 0.1) is 5.41 Å². The van der Waals surface area contributed by atoms with Crippen molar-refractivity contribution in [2.75, 3.05) is 0 Å². The molecule has 0 bridgehead atoms. The van der Waals surface area contributed by atoms with Gasteiger partial charge in [0.15, 0.2) is 0 Å². The highest BCUT2D eigenvalue weighted by atomic mass is 14.8. The number of rotatable bonds is 2. The molecule has 0 amide bonds. The first-order valence-electron chi connectivity index (χ1n) is 14.6. The van der Waals surface area contributed by atoms with Gasteiger partial charge >= 0.3 is 0 Å². The normalized spacial score (nSPS) is 13.3. The number of nitrogens with zero attached hydrogens (tertiary/aromatic N) is 2. The van der Waals surface area contributed by atoms with E-state index in [-0.39, 0.29) is 0 Å². The molecule has 1 heterocycles. The smallest absolute Gasteiger partial charge is 0.270 e. The molecule has 6 aromatic carbocycles. The van der Waals surface area contributed by atoms with Crippen molar-refractivity contribution in [3.8, 4) is 44.5 Å². The van der Waals surface area contributed by atoms with Crippen LogP contribution in [0.3, 0.4) is 0 Å². The van der Waals surface area contributed by atoms with Crippen molar-refractivity contribution >= 4 is 16.6 Å². The van der Waals surface area contributed by atoms with Gasteiger partial charge in [-0.25, -0.2) is 0 Å². The summed E-state index contributed by atoms with van der Waals surface area (Å²) in [5, 5.41) is 2.51. The Morgan fingerprint density at radius 3 is 1.77 bits per heavy atom. The van der Waals surface area contributed by atoms with Gasteiger partial charge in [-0.2, -0.15) is 0 Å². The van der Waals surface area contributed by atoms with Gasteiger partial charge in [-0.05, 0) is 102 Å². The minimum Gasteiger partial charge on any atom is -0.361 e. The largest absolute Gasteiger partial charge is 0.361 e. The van der Waals surface area contributed by atoms with E-state index in [1.165, 1.54) is 60.8 Å². The average molecular weight is 545 g/mol. The Labute approximate surface area is 250 Å². The summed E-state index contributed by atoms with van der Waals surface area (Å²) in [6, 6.07) is 50.8. The topological polar surface area (TPSA) is 17.2 Å². The Hall–Kier alpha value is -5.78. The molecule has 2 heteroatoms. The van der Waals surface area contributed by atoms with Crippen molar-refractivity contribution in [3.05, 3.63) is 179 Å². The zero-order valence-electron chi connectivity index (χ0n) is 23.3. The van der Waals surface area contributed by atoms with Crippen molar-refractivity contribution < 1.29 is 0 Å². The summed E-state index contributed by atoms with van der Waals surface area (Å²) in [7, 11) is 0. The van der Waals surface area contributed by atoms with Crippen molar-refractivity contribution in [1.29, 1.82) is 0 Å². The van der Waals surface area contributed by atoms with Gasteiger partial charge in [0.1, 0.15) is 6.20 Å². The zero-order chi connectivity index (χ0) is 28.5. The number of hydrogen-bond donors (Lipinski definition) is 0. The molecule has 43 heavy (non-hydrogen) atoms. The summed E-state index contributed by atoms with van der Waals surface area (Å²) in [6.07, 6.45) is 1.72. The van der Waals surface area contributed by atoms with Crippen LogP contribution in [0.5, 0.6) is 0 Å². The second-order valence-electron chi connectivity index (χ2n) is 11.4. The summed E-state index contributed by atoms with van der Waals surface area (Å²) in [5.74, 6) is 0.407. The van der Waals surface area contributed by atoms with Gasteiger partial charge in [0.25, 0.3) is 5.82 Å². The number of pyridine rings is 1. The Balaban J connectivity index is 1.40. The Kier molecular flexibility index (Phi) is 4.92. The number of aromatic nitrogens is 1. The van der Waals surface area contributed by atoms with Crippen LogP contribution in [0.15, 0.2) is 146 Å². The molecule has 198 valence electrons. The monoisotopic (exact) mass is 544 g/mol. The summed E-state index contributed by atoms with van der Waals surface area (Å²) >= 11 is 0. The van der Waals surface area contributed by atoms with Crippen molar-refractivity contribution in [3.63, 3.8) is 0 Å². The molecule has 7 aromatic rings. The fraction of sp³-hybridized carbons (Fsp3) is 0.0244. The highest BCUT2D eigenvalue weighted by Gasteiger charge is 2.52. The highest BCUT2D eigenvalue weighted by Crippen LogP contribution is 2.64. The predicted molar refractivity (Wildman–Crippen MR) is 175 cm³/mol. The van der Waals surface area contributed by atoms with Crippen LogP contribution in [0.25, 0.3) is 60.1 Å². The van der Waals surface area contributed by atoms with E-state index in [0.29, 0.717) is 5.82 Å². The van der Waals surface area contributed by atoms with Gasteiger partial charge < -0.3 is 4.85 Å². The maximum Gasteiger partial charge on any atom is 0.270 e. The molecule has 1 spiro atoms. The van der Waals surface area contributed by atoms with Gasteiger partial charge in [0, 0.05) is 0 Å². The van der Waals surface area contributed by atoms with Gasteiger partial charge in [-0.1, -0.05) is 122 Å². The Bertz CT molecular complexity index is 2280. The van der Waals surface area contributed by atoms with Crippen LogP contribution in [-0.4, -0.2) is 4.98 Å². The van der Waals surface area contributed by atoms with E-state index in [1.54, 1.807) is 6.20 Å². The molecule has 1 aromatic heterocycles. The van der Waals surface area contributed by atoms with Gasteiger partial charge in [-0.3, -0.25) is 0 Å². The van der Waals surface area contributed by atoms with Crippen molar-refractivity contribution in [1.82, 2.24) is 4.98 Å². The van der Waals surface area contributed by atoms with Crippen LogP contribution in [0.2, 0.25) is 0 Å². The quantitative estimate of drug-likeness (QED) is 0.198. The standard InChI is InChI=1S/C41H24N2/c1-42-39-24-27(21-22-43-39)26-11-10-12-28(23-26)34-25-38-40(32-16-3-2-13-29(32)34)33-17-6-9-20-37(33)41(38)35-18-7-4-14-30(35)31-15-5-8-19-36(31)41/h2-25H. The van der Waals surface area contributed by atoms with Crippen molar-refractivity contribution in [2.45, 2.75) is 5.41 Å².